The van der Waals surface area contributed by atoms with Gasteiger partial charge in [0.25, 0.3) is 6.43 Å². The summed E-state index contributed by atoms with van der Waals surface area (Å²) in [6, 6.07) is 4.97. The molecule has 0 amide bonds. The first kappa shape index (κ1) is 11.1. The molecule has 0 radical (unpaired) electrons. The molecule has 0 aliphatic heterocycles. The highest BCUT2D eigenvalue weighted by Gasteiger charge is 2.16. The molecule has 0 saturated heterocycles. The van der Waals surface area contributed by atoms with Crippen LogP contribution in [0.1, 0.15) is 38.3 Å². The maximum absolute atomic E-state index is 12.5. The average molecular weight is 223 g/mol. The van der Waals surface area contributed by atoms with E-state index in [9.17, 15) is 8.78 Å². The minimum absolute atomic E-state index is 0.0387. The van der Waals surface area contributed by atoms with Crippen molar-refractivity contribution in [3.8, 4) is 0 Å². The van der Waals surface area contributed by atoms with Gasteiger partial charge < -0.3 is 4.40 Å². The first-order valence-corrected chi connectivity index (χ1v) is 5.28. The van der Waals surface area contributed by atoms with Crippen molar-refractivity contribution in [3.63, 3.8) is 0 Å². The van der Waals surface area contributed by atoms with E-state index in [0.29, 0.717) is 0 Å². The van der Waals surface area contributed by atoms with E-state index < -0.39 is 6.43 Å². The van der Waals surface area contributed by atoms with Crippen LogP contribution in [0.5, 0.6) is 0 Å². The van der Waals surface area contributed by atoms with Crippen molar-refractivity contribution in [1.82, 2.24) is 4.40 Å². The molecule has 2 aromatic rings. The molecule has 2 aromatic heterocycles. The third kappa shape index (κ3) is 1.94. The van der Waals surface area contributed by atoms with E-state index in [0.717, 1.165) is 11.1 Å². The summed E-state index contributed by atoms with van der Waals surface area (Å²) in [6.07, 6.45) is 1.27. The number of hydrogen-bond donors (Lipinski definition) is 0. The van der Waals surface area contributed by atoms with Crippen LogP contribution in [0.2, 0.25) is 0 Å². The minimum atomic E-state index is -2.40. The van der Waals surface area contributed by atoms with Crippen molar-refractivity contribution in [2.24, 2.45) is 0 Å². The van der Waals surface area contributed by atoms with Crippen molar-refractivity contribution in [2.75, 3.05) is 0 Å². The molecule has 0 aliphatic carbocycles. The van der Waals surface area contributed by atoms with Gasteiger partial charge in [0.2, 0.25) is 0 Å². The summed E-state index contributed by atoms with van der Waals surface area (Å²) >= 11 is 0. The standard InChI is InChI=1S/C13H15F2N/c1-13(2,3)10-7-11-6-9(12(14)15)4-5-16(11)8-10/h4-8,12H,1-3H3. The van der Waals surface area contributed by atoms with Gasteiger partial charge in [-0.15, -0.1) is 0 Å². The van der Waals surface area contributed by atoms with Gasteiger partial charge in [-0.05, 0) is 29.2 Å². The molecule has 0 fully saturated rings. The first-order chi connectivity index (χ1) is 7.38. The maximum Gasteiger partial charge on any atom is 0.263 e. The third-order valence-electron chi connectivity index (χ3n) is 2.74. The second-order valence-corrected chi connectivity index (χ2v) is 5.07. The van der Waals surface area contributed by atoms with Crippen LogP contribution in [-0.2, 0) is 5.41 Å². The molecule has 0 N–H and O–H groups in total. The Balaban J connectivity index is 2.54. The van der Waals surface area contributed by atoms with E-state index in [1.54, 1.807) is 12.3 Å². The number of fused-ring (bicyclic) bond motifs is 1. The summed E-state index contributed by atoms with van der Waals surface area (Å²) in [7, 11) is 0. The van der Waals surface area contributed by atoms with E-state index in [4.69, 9.17) is 0 Å². The fraction of sp³-hybridized carbons (Fsp3) is 0.385. The molecular formula is C13H15F2N. The number of nitrogens with zero attached hydrogens (tertiary/aromatic N) is 1. The Hall–Kier alpha value is -1.38. The van der Waals surface area contributed by atoms with Gasteiger partial charge in [0.05, 0.1) is 0 Å². The zero-order valence-corrected chi connectivity index (χ0v) is 9.67. The third-order valence-corrected chi connectivity index (χ3v) is 2.74. The molecule has 0 saturated carbocycles. The van der Waals surface area contributed by atoms with Crippen molar-refractivity contribution in [3.05, 3.63) is 41.7 Å². The second-order valence-electron chi connectivity index (χ2n) is 5.07. The summed E-state index contributed by atoms with van der Waals surface area (Å²) in [6.45, 7) is 6.32. The van der Waals surface area contributed by atoms with E-state index in [1.165, 1.54) is 6.07 Å². The van der Waals surface area contributed by atoms with E-state index in [1.807, 2.05) is 16.7 Å². The molecular weight excluding hydrogens is 208 g/mol. The van der Waals surface area contributed by atoms with Gasteiger partial charge in [-0.1, -0.05) is 20.8 Å². The molecule has 0 unspecified atom stereocenters. The number of alkyl halides is 2. The Labute approximate surface area is 93.7 Å². The van der Waals surface area contributed by atoms with Crippen LogP contribution in [0.4, 0.5) is 8.78 Å². The highest BCUT2D eigenvalue weighted by molar-refractivity contribution is 5.53. The van der Waals surface area contributed by atoms with Gasteiger partial charge >= 0.3 is 0 Å². The lowest BCUT2D eigenvalue weighted by molar-refractivity contribution is 0.151. The minimum Gasteiger partial charge on any atom is -0.324 e. The van der Waals surface area contributed by atoms with Gasteiger partial charge in [-0.2, -0.15) is 0 Å². The zero-order chi connectivity index (χ0) is 11.9. The Morgan fingerprint density at radius 2 is 1.88 bits per heavy atom. The largest absolute Gasteiger partial charge is 0.324 e. The molecule has 0 bridgehead atoms. The van der Waals surface area contributed by atoms with Gasteiger partial charge in [-0.25, -0.2) is 8.78 Å². The monoisotopic (exact) mass is 223 g/mol. The summed E-state index contributed by atoms with van der Waals surface area (Å²) in [5.74, 6) is 0. The Kier molecular flexibility index (Phi) is 2.49. The van der Waals surface area contributed by atoms with Crippen LogP contribution in [0.15, 0.2) is 30.6 Å². The predicted octanol–water partition coefficient (Wildman–Crippen LogP) is 4.17. The van der Waals surface area contributed by atoms with Crippen LogP contribution in [0, 0.1) is 0 Å². The molecule has 86 valence electrons. The predicted molar refractivity (Wildman–Crippen MR) is 61.1 cm³/mol. The smallest absolute Gasteiger partial charge is 0.263 e. The Morgan fingerprint density at radius 3 is 2.44 bits per heavy atom. The summed E-state index contributed by atoms with van der Waals surface area (Å²) < 4.78 is 26.9. The molecule has 1 nitrogen and oxygen atoms in total. The maximum atomic E-state index is 12.5. The molecule has 0 aliphatic rings. The van der Waals surface area contributed by atoms with Crippen molar-refractivity contribution in [1.29, 1.82) is 0 Å². The molecule has 0 aromatic carbocycles. The van der Waals surface area contributed by atoms with Gasteiger partial charge in [0, 0.05) is 23.5 Å². The Bertz CT molecular complexity index is 506. The summed E-state index contributed by atoms with van der Waals surface area (Å²) in [5, 5.41) is 0. The lowest BCUT2D eigenvalue weighted by Gasteiger charge is -2.15. The Morgan fingerprint density at radius 1 is 1.19 bits per heavy atom. The van der Waals surface area contributed by atoms with Crippen LogP contribution >= 0.6 is 0 Å². The number of pyridine rings is 1. The number of halogens is 2. The van der Waals surface area contributed by atoms with Crippen molar-refractivity contribution < 1.29 is 8.78 Å². The van der Waals surface area contributed by atoms with Crippen LogP contribution in [0.3, 0.4) is 0 Å². The fourth-order valence-electron chi connectivity index (χ4n) is 1.67. The number of hydrogen-bond acceptors (Lipinski definition) is 0. The molecule has 16 heavy (non-hydrogen) atoms. The fourth-order valence-corrected chi connectivity index (χ4v) is 1.67. The van der Waals surface area contributed by atoms with E-state index in [-0.39, 0.29) is 11.0 Å². The molecule has 2 rings (SSSR count). The second kappa shape index (κ2) is 3.58. The van der Waals surface area contributed by atoms with Crippen LogP contribution in [0.25, 0.3) is 5.52 Å². The van der Waals surface area contributed by atoms with Crippen LogP contribution < -0.4 is 0 Å². The zero-order valence-electron chi connectivity index (χ0n) is 9.67. The van der Waals surface area contributed by atoms with E-state index in [2.05, 4.69) is 20.8 Å². The average Bonchev–Trinajstić information content (AvgIpc) is 2.58. The lowest BCUT2D eigenvalue weighted by Crippen LogP contribution is -2.09. The number of rotatable bonds is 1. The topological polar surface area (TPSA) is 4.41 Å². The first-order valence-electron chi connectivity index (χ1n) is 5.28. The van der Waals surface area contributed by atoms with Gasteiger partial charge in [0.15, 0.2) is 0 Å². The highest BCUT2D eigenvalue weighted by atomic mass is 19.3. The summed E-state index contributed by atoms with van der Waals surface area (Å²) in [4.78, 5) is 0. The van der Waals surface area contributed by atoms with E-state index >= 15 is 0 Å². The summed E-state index contributed by atoms with van der Waals surface area (Å²) in [5.41, 5.74) is 2.09. The molecule has 0 spiro atoms. The molecule has 0 atom stereocenters. The highest BCUT2D eigenvalue weighted by Crippen LogP contribution is 2.26. The van der Waals surface area contributed by atoms with Gasteiger partial charge in [0.1, 0.15) is 0 Å². The number of aromatic nitrogens is 1. The van der Waals surface area contributed by atoms with Crippen molar-refractivity contribution in [2.45, 2.75) is 32.6 Å². The SMILES string of the molecule is CC(C)(C)c1cc2cc(C(F)F)ccn2c1. The molecule has 2 heterocycles. The molecule has 3 heteroatoms. The van der Waals surface area contributed by atoms with Crippen molar-refractivity contribution >= 4 is 5.52 Å². The lowest BCUT2D eigenvalue weighted by atomic mass is 9.89. The normalized spacial score (nSPS) is 12.6. The quantitative estimate of drug-likeness (QED) is 0.683. The van der Waals surface area contributed by atoms with Crippen LogP contribution in [-0.4, -0.2) is 4.40 Å². The van der Waals surface area contributed by atoms with Gasteiger partial charge in [-0.3, -0.25) is 0 Å².